The van der Waals surface area contributed by atoms with Gasteiger partial charge in [-0.1, -0.05) is 13.0 Å². The number of rotatable bonds is 5. The highest BCUT2D eigenvalue weighted by molar-refractivity contribution is 5.46. The highest BCUT2D eigenvalue weighted by atomic mass is 16.3. The molecule has 106 valence electrons. The molecule has 1 aliphatic rings. The molecular weight excluding hydrogens is 238 g/mol. The van der Waals surface area contributed by atoms with Crippen LogP contribution in [0.3, 0.4) is 0 Å². The van der Waals surface area contributed by atoms with Crippen molar-refractivity contribution in [2.45, 2.75) is 45.1 Å². The zero-order chi connectivity index (χ0) is 13.7. The van der Waals surface area contributed by atoms with E-state index in [1.807, 2.05) is 18.2 Å². The Kier molecular flexibility index (Phi) is 4.64. The van der Waals surface area contributed by atoms with Crippen molar-refractivity contribution in [2.75, 3.05) is 23.8 Å². The summed E-state index contributed by atoms with van der Waals surface area (Å²) in [6, 6.07) is 5.92. The van der Waals surface area contributed by atoms with Gasteiger partial charge in [-0.25, -0.2) is 4.98 Å². The summed E-state index contributed by atoms with van der Waals surface area (Å²) in [6.45, 7) is 5.37. The summed E-state index contributed by atoms with van der Waals surface area (Å²) in [7, 11) is 0. The lowest BCUT2D eigenvalue weighted by Gasteiger charge is -2.39. The SMILES string of the molecule is CCNc1cccc(NC2(CO)CCC(C)CC2)n1. The van der Waals surface area contributed by atoms with Crippen molar-refractivity contribution in [1.82, 2.24) is 4.98 Å². The van der Waals surface area contributed by atoms with Crippen molar-refractivity contribution >= 4 is 11.6 Å². The maximum absolute atomic E-state index is 9.76. The minimum Gasteiger partial charge on any atom is -0.394 e. The molecule has 1 heterocycles. The fourth-order valence-electron chi connectivity index (χ4n) is 2.69. The highest BCUT2D eigenvalue weighted by Crippen LogP contribution is 2.34. The van der Waals surface area contributed by atoms with E-state index in [0.717, 1.165) is 36.9 Å². The van der Waals surface area contributed by atoms with Crippen molar-refractivity contribution in [3.63, 3.8) is 0 Å². The second-order valence-corrected chi connectivity index (χ2v) is 5.68. The fourth-order valence-corrected chi connectivity index (χ4v) is 2.69. The summed E-state index contributed by atoms with van der Waals surface area (Å²) in [4.78, 5) is 4.54. The number of nitrogens with zero attached hydrogens (tertiary/aromatic N) is 1. The van der Waals surface area contributed by atoms with Gasteiger partial charge in [0.1, 0.15) is 11.6 Å². The van der Waals surface area contributed by atoms with Crippen molar-refractivity contribution < 1.29 is 5.11 Å². The average Bonchev–Trinajstić information content (AvgIpc) is 2.43. The Morgan fingerprint density at radius 3 is 2.63 bits per heavy atom. The van der Waals surface area contributed by atoms with Crippen molar-refractivity contribution in [2.24, 2.45) is 5.92 Å². The smallest absolute Gasteiger partial charge is 0.128 e. The van der Waals surface area contributed by atoms with Gasteiger partial charge in [-0.05, 0) is 50.7 Å². The van der Waals surface area contributed by atoms with Gasteiger partial charge >= 0.3 is 0 Å². The summed E-state index contributed by atoms with van der Waals surface area (Å²) >= 11 is 0. The minimum absolute atomic E-state index is 0.173. The summed E-state index contributed by atoms with van der Waals surface area (Å²) < 4.78 is 0. The number of aliphatic hydroxyl groups is 1. The van der Waals surface area contributed by atoms with Crippen molar-refractivity contribution in [3.8, 4) is 0 Å². The molecule has 3 N–H and O–H groups in total. The molecule has 1 saturated carbocycles. The molecule has 0 spiro atoms. The minimum atomic E-state index is -0.190. The molecule has 0 amide bonds. The molecule has 0 saturated heterocycles. The van der Waals surface area contributed by atoms with Crippen LogP contribution in [-0.4, -0.2) is 28.8 Å². The normalized spacial score (nSPS) is 27.0. The van der Waals surface area contributed by atoms with Gasteiger partial charge in [0.05, 0.1) is 12.1 Å². The van der Waals surface area contributed by atoms with Crippen LogP contribution in [0, 0.1) is 5.92 Å². The van der Waals surface area contributed by atoms with Gasteiger partial charge in [0.25, 0.3) is 0 Å². The standard InChI is InChI=1S/C15H25N3O/c1-3-16-13-5-4-6-14(17-13)18-15(11-19)9-7-12(2)8-10-15/h4-6,12,19H,3,7-11H2,1-2H3,(H2,16,17,18). The van der Waals surface area contributed by atoms with E-state index in [1.54, 1.807) is 0 Å². The van der Waals surface area contributed by atoms with Gasteiger partial charge in [0.15, 0.2) is 0 Å². The van der Waals surface area contributed by atoms with Crippen LogP contribution in [0.4, 0.5) is 11.6 Å². The van der Waals surface area contributed by atoms with Gasteiger partial charge < -0.3 is 15.7 Å². The fraction of sp³-hybridized carbons (Fsp3) is 0.667. The van der Waals surface area contributed by atoms with Crippen LogP contribution in [0.1, 0.15) is 39.5 Å². The lowest BCUT2D eigenvalue weighted by Crippen LogP contribution is -2.45. The van der Waals surface area contributed by atoms with Gasteiger partial charge in [-0.3, -0.25) is 0 Å². The summed E-state index contributed by atoms with van der Waals surface area (Å²) in [5, 5.41) is 16.4. The molecular formula is C15H25N3O. The van der Waals surface area contributed by atoms with Gasteiger partial charge in [-0.15, -0.1) is 0 Å². The quantitative estimate of drug-likeness (QED) is 0.764. The van der Waals surface area contributed by atoms with Crippen LogP contribution >= 0.6 is 0 Å². The van der Waals surface area contributed by atoms with Crippen molar-refractivity contribution in [3.05, 3.63) is 18.2 Å². The number of nitrogens with one attached hydrogen (secondary N) is 2. The first kappa shape index (κ1) is 14.1. The molecule has 4 nitrogen and oxygen atoms in total. The van der Waals surface area contributed by atoms with Crippen LogP contribution in [0.25, 0.3) is 0 Å². The molecule has 0 aliphatic heterocycles. The predicted octanol–water partition coefficient (Wildman–Crippen LogP) is 2.87. The van der Waals surface area contributed by atoms with Gasteiger partial charge in [-0.2, -0.15) is 0 Å². The zero-order valence-electron chi connectivity index (χ0n) is 11.9. The molecule has 2 rings (SSSR count). The predicted molar refractivity (Wildman–Crippen MR) is 79.5 cm³/mol. The molecule has 1 fully saturated rings. The lowest BCUT2D eigenvalue weighted by atomic mass is 9.77. The third-order valence-corrected chi connectivity index (χ3v) is 4.03. The third-order valence-electron chi connectivity index (χ3n) is 4.03. The topological polar surface area (TPSA) is 57.2 Å². The molecule has 1 aromatic heterocycles. The highest BCUT2D eigenvalue weighted by Gasteiger charge is 2.33. The van der Waals surface area contributed by atoms with Crippen LogP contribution in [0.2, 0.25) is 0 Å². The van der Waals surface area contributed by atoms with Crippen LogP contribution in [-0.2, 0) is 0 Å². The molecule has 0 unspecified atom stereocenters. The Balaban J connectivity index is 2.07. The molecule has 1 aromatic rings. The Hall–Kier alpha value is -1.29. The Morgan fingerprint density at radius 2 is 2.00 bits per heavy atom. The molecule has 4 heteroatoms. The number of pyridine rings is 1. The maximum Gasteiger partial charge on any atom is 0.128 e. The van der Waals surface area contributed by atoms with E-state index in [1.165, 1.54) is 12.8 Å². The Labute approximate surface area is 115 Å². The first-order valence-electron chi connectivity index (χ1n) is 7.27. The second-order valence-electron chi connectivity index (χ2n) is 5.68. The number of hydrogen-bond acceptors (Lipinski definition) is 4. The lowest BCUT2D eigenvalue weighted by molar-refractivity contribution is 0.155. The summed E-state index contributed by atoms with van der Waals surface area (Å²) in [6.07, 6.45) is 4.36. The average molecular weight is 263 g/mol. The number of aromatic nitrogens is 1. The second kappa shape index (κ2) is 6.24. The Bertz CT molecular complexity index is 400. The van der Waals surface area contributed by atoms with Crippen LogP contribution in [0.15, 0.2) is 18.2 Å². The van der Waals surface area contributed by atoms with E-state index in [9.17, 15) is 5.11 Å². The van der Waals surface area contributed by atoms with E-state index < -0.39 is 0 Å². The van der Waals surface area contributed by atoms with Crippen molar-refractivity contribution in [1.29, 1.82) is 0 Å². The molecule has 0 atom stereocenters. The largest absolute Gasteiger partial charge is 0.394 e. The van der Waals surface area contributed by atoms with Crippen LogP contribution in [0.5, 0.6) is 0 Å². The summed E-state index contributed by atoms with van der Waals surface area (Å²) in [5.74, 6) is 2.49. The van der Waals surface area contributed by atoms with E-state index in [4.69, 9.17) is 0 Å². The number of aliphatic hydroxyl groups excluding tert-OH is 1. The van der Waals surface area contributed by atoms with Gasteiger partial charge in [0, 0.05) is 6.54 Å². The molecule has 19 heavy (non-hydrogen) atoms. The maximum atomic E-state index is 9.76. The van der Waals surface area contributed by atoms with E-state index in [-0.39, 0.29) is 12.1 Å². The number of hydrogen-bond donors (Lipinski definition) is 3. The summed E-state index contributed by atoms with van der Waals surface area (Å²) in [5.41, 5.74) is -0.190. The zero-order valence-corrected chi connectivity index (χ0v) is 11.9. The third kappa shape index (κ3) is 3.60. The van der Waals surface area contributed by atoms with Gasteiger partial charge in [0.2, 0.25) is 0 Å². The molecule has 0 radical (unpaired) electrons. The molecule has 0 bridgehead atoms. The first-order chi connectivity index (χ1) is 9.17. The number of anilines is 2. The molecule has 1 aliphatic carbocycles. The monoisotopic (exact) mass is 263 g/mol. The van der Waals surface area contributed by atoms with Crippen LogP contribution < -0.4 is 10.6 Å². The molecule has 0 aromatic carbocycles. The van der Waals surface area contributed by atoms with E-state index in [0.29, 0.717) is 0 Å². The van der Waals surface area contributed by atoms with E-state index >= 15 is 0 Å². The first-order valence-corrected chi connectivity index (χ1v) is 7.27. The Morgan fingerprint density at radius 1 is 1.32 bits per heavy atom. The van der Waals surface area contributed by atoms with E-state index in [2.05, 4.69) is 29.5 Å².